The van der Waals surface area contributed by atoms with Crippen LogP contribution < -0.4 is 5.63 Å². The Bertz CT molecular complexity index is 1300. The van der Waals surface area contributed by atoms with Crippen LogP contribution in [0.25, 0.3) is 33.2 Å². The van der Waals surface area contributed by atoms with Crippen molar-refractivity contribution in [2.45, 2.75) is 38.1 Å². The van der Waals surface area contributed by atoms with Crippen LogP contribution in [-0.2, 0) is 32.7 Å². The smallest absolute Gasteiger partial charge is 0.335 e. The molecular weight excluding hydrogens is 457 g/mol. The molecule has 1 radical (unpaired) electrons. The monoisotopic (exact) mass is 476 g/mol. The molecule has 0 amide bonds. The second kappa shape index (κ2) is 8.44. The molecule has 0 spiro atoms. The quantitative estimate of drug-likeness (QED) is 0.429. The molecule has 7 heteroatoms. The van der Waals surface area contributed by atoms with Gasteiger partial charge in [-0.15, -0.1) is 17.5 Å². The molecule has 4 aromatic rings. The predicted molar refractivity (Wildman–Crippen MR) is 109 cm³/mol. The van der Waals surface area contributed by atoms with Crippen molar-refractivity contribution < 1.29 is 47.0 Å². The number of carboxylic acid groups (broad SMARTS) is 1. The van der Waals surface area contributed by atoms with Crippen LogP contribution in [0.1, 0.15) is 48.5 Å². The van der Waals surface area contributed by atoms with Gasteiger partial charge in [0.25, 0.3) is 0 Å². The van der Waals surface area contributed by atoms with Crippen LogP contribution in [0, 0.1) is 6.26 Å². The number of hydrogen-bond donors (Lipinski definition) is 1. The molecule has 30 heavy (non-hydrogen) atoms. The first-order chi connectivity index (χ1) is 14.1. The van der Waals surface area contributed by atoms with Crippen molar-refractivity contribution in [1.82, 2.24) is 9.55 Å². The minimum atomic E-state index is -0.972. The van der Waals surface area contributed by atoms with Gasteiger partial charge in [0.05, 0.1) is 16.6 Å². The zero-order valence-electron chi connectivity index (χ0n) is 16.3. The van der Waals surface area contributed by atoms with Crippen molar-refractivity contribution in [3.05, 3.63) is 64.7 Å². The number of aromatic nitrogens is 2. The van der Waals surface area contributed by atoms with Crippen molar-refractivity contribution >= 4 is 27.8 Å². The number of hydrogen-bond acceptors (Lipinski definition) is 4. The van der Waals surface area contributed by atoms with Crippen molar-refractivity contribution in [3.8, 4) is 11.4 Å². The number of carbonyl (C=O) groups is 1. The Morgan fingerprint density at radius 3 is 2.70 bits per heavy atom. The molecule has 1 fully saturated rings. The maximum absolute atomic E-state index is 12.2. The Morgan fingerprint density at radius 1 is 1.13 bits per heavy atom. The summed E-state index contributed by atoms with van der Waals surface area (Å²) in [5.74, 6) is -0.219. The fraction of sp³-hybridized carbons (Fsp3) is 0.261. The van der Waals surface area contributed by atoms with Gasteiger partial charge in [0.15, 0.2) is 0 Å². The Morgan fingerprint density at radius 2 is 1.93 bits per heavy atom. The van der Waals surface area contributed by atoms with Crippen LogP contribution in [0.15, 0.2) is 51.7 Å². The number of carboxylic acids is 1. The molecule has 149 valence electrons. The van der Waals surface area contributed by atoms with Crippen LogP contribution >= 0.6 is 0 Å². The molecule has 5 rings (SSSR count). The van der Waals surface area contributed by atoms with Crippen LogP contribution in [0.3, 0.4) is 0 Å². The van der Waals surface area contributed by atoms with E-state index in [-0.39, 0.29) is 38.3 Å². The summed E-state index contributed by atoms with van der Waals surface area (Å²) >= 11 is 0. The van der Waals surface area contributed by atoms with Crippen LogP contribution in [0.2, 0.25) is 0 Å². The summed E-state index contributed by atoms with van der Waals surface area (Å²) in [6, 6.07) is 12.6. The Hall–Kier alpha value is -2.31. The van der Waals surface area contributed by atoms with E-state index in [1.165, 1.54) is 6.42 Å². The number of nitrogens with zero attached hydrogens (tertiary/aromatic N) is 2. The number of aromatic carboxylic acids is 1. The van der Waals surface area contributed by atoms with Gasteiger partial charge in [-0.2, -0.15) is 0 Å². The number of fused-ring (bicyclic) bond motifs is 2. The normalized spacial score (nSPS) is 14.7. The third-order valence-corrected chi connectivity index (χ3v) is 5.77. The Balaban J connectivity index is 0.00000218. The third-order valence-electron chi connectivity index (χ3n) is 5.77. The molecule has 1 N–H and O–H groups in total. The molecule has 1 saturated carbocycles. The topological polar surface area (TPSA) is 85.3 Å². The first-order valence-corrected chi connectivity index (χ1v) is 9.81. The fourth-order valence-corrected chi connectivity index (χ4v) is 4.34. The standard InChI is InChI=1S/C23H19N2O4.Y/c26-22(27)16-8-9-20-19(13-16)24-21(25(20)17-4-2-1-3-5-17)15-7-6-14-10-11-29-23(28)18(14)12-15;/h6-10,12-13,17H,1-5H2,(H,26,27);/q-1;. The van der Waals surface area contributed by atoms with Gasteiger partial charge >= 0.3 is 5.97 Å². The second-order valence-corrected chi connectivity index (χ2v) is 7.56. The summed E-state index contributed by atoms with van der Waals surface area (Å²) in [7, 11) is 0. The van der Waals surface area contributed by atoms with Gasteiger partial charge in [-0.3, -0.25) is 0 Å². The molecule has 0 saturated heterocycles. The van der Waals surface area contributed by atoms with Crippen LogP contribution in [0.4, 0.5) is 0 Å². The van der Waals surface area contributed by atoms with Gasteiger partial charge in [-0.1, -0.05) is 31.4 Å². The summed E-state index contributed by atoms with van der Waals surface area (Å²) < 4.78 is 7.13. The van der Waals surface area contributed by atoms with Gasteiger partial charge < -0.3 is 18.9 Å². The summed E-state index contributed by atoms with van der Waals surface area (Å²) in [5.41, 5.74) is 2.17. The molecule has 1 aliphatic carbocycles. The SMILES string of the molecule is O=C(O)c1ccc2c(c1)nc(-c1ccc3c[c-]oc(=O)c3c1)n2C1CCCCC1.[Y]. The molecule has 0 atom stereocenters. The zero-order valence-corrected chi connectivity index (χ0v) is 19.1. The van der Waals surface area contributed by atoms with E-state index in [1.54, 1.807) is 24.3 Å². The first kappa shape index (κ1) is 20.9. The van der Waals surface area contributed by atoms with E-state index in [0.29, 0.717) is 16.9 Å². The van der Waals surface area contributed by atoms with Crippen molar-refractivity contribution in [1.29, 1.82) is 0 Å². The number of benzene rings is 2. The molecule has 2 aromatic carbocycles. The molecule has 0 unspecified atom stereocenters. The molecule has 0 bridgehead atoms. The van der Waals surface area contributed by atoms with E-state index < -0.39 is 11.6 Å². The van der Waals surface area contributed by atoms with Gasteiger partial charge in [0.1, 0.15) is 5.82 Å². The minimum absolute atomic E-state index is 0. The van der Waals surface area contributed by atoms with E-state index in [4.69, 9.17) is 9.40 Å². The average Bonchev–Trinajstić information content (AvgIpc) is 3.13. The van der Waals surface area contributed by atoms with Crippen molar-refractivity contribution in [3.63, 3.8) is 0 Å². The van der Waals surface area contributed by atoms with E-state index in [2.05, 4.69) is 10.8 Å². The number of rotatable bonds is 3. The summed E-state index contributed by atoms with van der Waals surface area (Å²) in [6.07, 6.45) is 8.17. The van der Waals surface area contributed by atoms with E-state index in [9.17, 15) is 14.7 Å². The van der Waals surface area contributed by atoms with Gasteiger partial charge in [-0.25, -0.2) is 9.78 Å². The maximum atomic E-state index is 12.2. The minimum Gasteiger partial charge on any atom is -0.552 e. The summed E-state index contributed by atoms with van der Waals surface area (Å²) in [5, 5.41) is 10.6. The summed E-state index contributed by atoms with van der Waals surface area (Å²) in [4.78, 5) is 28.4. The first-order valence-electron chi connectivity index (χ1n) is 9.81. The molecule has 2 aromatic heterocycles. The number of imidazole rings is 1. The molecule has 0 aliphatic heterocycles. The second-order valence-electron chi connectivity index (χ2n) is 7.56. The van der Waals surface area contributed by atoms with Gasteiger partial charge in [0, 0.05) is 44.3 Å². The third kappa shape index (κ3) is 3.63. The molecule has 1 aliphatic rings. The maximum Gasteiger partial charge on any atom is 0.335 e. The predicted octanol–water partition coefficient (Wildman–Crippen LogP) is 4.81. The van der Waals surface area contributed by atoms with Crippen molar-refractivity contribution in [2.24, 2.45) is 0 Å². The Kier molecular flexibility index (Phi) is 5.89. The van der Waals surface area contributed by atoms with Crippen molar-refractivity contribution in [2.75, 3.05) is 0 Å². The average molecular weight is 476 g/mol. The van der Waals surface area contributed by atoms with E-state index in [0.717, 1.165) is 48.0 Å². The summed E-state index contributed by atoms with van der Waals surface area (Å²) in [6.45, 7) is 0. The van der Waals surface area contributed by atoms with E-state index >= 15 is 0 Å². The molecule has 2 heterocycles. The molecule has 6 nitrogen and oxygen atoms in total. The fourth-order valence-electron chi connectivity index (χ4n) is 4.34. The molecular formula is C23H19N2O4Y-. The van der Waals surface area contributed by atoms with Crippen LogP contribution in [0.5, 0.6) is 0 Å². The Labute approximate surface area is 197 Å². The van der Waals surface area contributed by atoms with E-state index in [1.807, 2.05) is 18.2 Å². The largest absolute Gasteiger partial charge is 0.552 e. The zero-order chi connectivity index (χ0) is 20.0. The van der Waals surface area contributed by atoms with Gasteiger partial charge in [-0.05, 0) is 42.7 Å². The van der Waals surface area contributed by atoms with Gasteiger partial charge in [0.2, 0.25) is 5.63 Å². The van der Waals surface area contributed by atoms with Crippen LogP contribution in [-0.4, -0.2) is 20.6 Å².